The summed E-state index contributed by atoms with van der Waals surface area (Å²) in [4.78, 5) is 11.7. The molecule has 0 aliphatic rings. The minimum Gasteiger partial charge on any atom is -0.487 e. The van der Waals surface area contributed by atoms with E-state index in [1.54, 1.807) is 0 Å². The van der Waals surface area contributed by atoms with Crippen molar-refractivity contribution in [1.29, 1.82) is 0 Å². The molecule has 3 aromatic carbocycles. The van der Waals surface area contributed by atoms with E-state index in [4.69, 9.17) is 16.3 Å². The molecule has 2 N–H and O–H groups in total. The molecule has 3 rings (SSSR count). The summed E-state index contributed by atoms with van der Waals surface area (Å²) < 4.78 is 5.82. The first-order valence-corrected chi connectivity index (χ1v) is 9.99. The van der Waals surface area contributed by atoms with Crippen LogP contribution >= 0.6 is 11.6 Å². The van der Waals surface area contributed by atoms with E-state index in [9.17, 15) is 4.79 Å². The molecule has 0 fully saturated rings. The third-order valence-corrected chi connectivity index (χ3v) is 4.70. The van der Waals surface area contributed by atoms with Crippen LogP contribution in [0.4, 0.5) is 11.4 Å². The van der Waals surface area contributed by atoms with Gasteiger partial charge in [-0.15, -0.1) is 0 Å². The van der Waals surface area contributed by atoms with Gasteiger partial charge in [0.25, 0.3) is 0 Å². The highest BCUT2D eigenvalue weighted by Gasteiger charge is 2.07. The fourth-order valence-electron chi connectivity index (χ4n) is 2.67. The van der Waals surface area contributed by atoms with E-state index in [2.05, 4.69) is 10.6 Å². The number of benzene rings is 3. The molecule has 0 aliphatic heterocycles. The highest BCUT2D eigenvalue weighted by molar-refractivity contribution is 6.32. The number of amides is 1. The third kappa shape index (κ3) is 6.26. The number of halogens is 1. The SMILES string of the molecule is CC(C)C(=O)Nc1ccc(NCc2ccc(OCc3ccccc3)c(Cl)c2)cc1. The smallest absolute Gasteiger partial charge is 0.226 e. The van der Waals surface area contributed by atoms with Crippen LogP contribution in [-0.2, 0) is 17.9 Å². The van der Waals surface area contributed by atoms with Gasteiger partial charge in [0.2, 0.25) is 5.91 Å². The van der Waals surface area contributed by atoms with Gasteiger partial charge in [-0.3, -0.25) is 4.79 Å². The van der Waals surface area contributed by atoms with Crippen LogP contribution in [0, 0.1) is 5.92 Å². The Balaban J connectivity index is 1.53. The number of nitrogens with one attached hydrogen (secondary N) is 2. The second-order valence-corrected chi connectivity index (χ2v) is 7.52. The first-order valence-electron chi connectivity index (χ1n) is 9.61. The van der Waals surface area contributed by atoms with Gasteiger partial charge in [-0.05, 0) is 47.5 Å². The molecule has 0 radical (unpaired) electrons. The summed E-state index contributed by atoms with van der Waals surface area (Å²) in [6.45, 7) is 4.86. The Bertz CT molecular complexity index is 941. The zero-order valence-corrected chi connectivity index (χ0v) is 17.4. The van der Waals surface area contributed by atoms with Crippen LogP contribution < -0.4 is 15.4 Å². The number of hydrogen-bond donors (Lipinski definition) is 2. The standard InChI is InChI=1S/C24H25ClN2O2/c1-17(2)24(28)27-21-11-9-20(10-12-21)26-15-19-8-13-23(22(25)14-19)29-16-18-6-4-3-5-7-18/h3-14,17,26H,15-16H2,1-2H3,(H,27,28). The number of ether oxygens (including phenoxy) is 1. The van der Waals surface area contributed by atoms with Gasteiger partial charge in [0.05, 0.1) is 5.02 Å². The lowest BCUT2D eigenvalue weighted by Gasteiger charge is -2.12. The summed E-state index contributed by atoms with van der Waals surface area (Å²) in [7, 11) is 0. The van der Waals surface area contributed by atoms with Crippen molar-refractivity contribution in [2.45, 2.75) is 27.0 Å². The Morgan fingerprint density at radius 2 is 1.62 bits per heavy atom. The Hall–Kier alpha value is -2.98. The number of hydrogen-bond acceptors (Lipinski definition) is 3. The first kappa shape index (κ1) is 20.7. The van der Waals surface area contributed by atoms with Crippen molar-refractivity contribution >= 4 is 28.9 Å². The van der Waals surface area contributed by atoms with Crippen LogP contribution in [0.1, 0.15) is 25.0 Å². The van der Waals surface area contributed by atoms with Gasteiger partial charge in [0, 0.05) is 23.8 Å². The maximum Gasteiger partial charge on any atom is 0.226 e. The summed E-state index contributed by atoms with van der Waals surface area (Å²) >= 11 is 6.38. The normalized spacial score (nSPS) is 10.6. The molecule has 29 heavy (non-hydrogen) atoms. The van der Waals surface area contributed by atoms with E-state index in [-0.39, 0.29) is 11.8 Å². The molecule has 3 aromatic rings. The molecule has 0 atom stereocenters. The van der Waals surface area contributed by atoms with E-state index < -0.39 is 0 Å². The summed E-state index contributed by atoms with van der Waals surface area (Å²) in [6, 6.07) is 23.4. The molecule has 1 amide bonds. The Morgan fingerprint density at radius 3 is 2.28 bits per heavy atom. The Morgan fingerprint density at radius 1 is 0.931 bits per heavy atom. The van der Waals surface area contributed by atoms with Crippen molar-refractivity contribution < 1.29 is 9.53 Å². The average molecular weight is 409 g/mol. The van der Waals surface area contributed by atoms with Gasteiger partial charge >= 0.3 is 0 Å². The van der Waals surface area contributed by atoms with E-state index in [1.165, 1.54) is 0 Å². The van der Waals surface area contributed by atoms with Crippen LogP contribution in [0.25, 0.3) is 0 Å². The van der Waals surface area contributed by atoms with Crippen LogP contribution in [-0.4, -0.2) is 5.91 Å². The summed E-state index contributed by atoms with van der Waals surface area (Å²) in [5, 5.41) is 6.83. The minimum atomic E-state index is -0.0443. The second-order valence-electron chi connectivity index (χ2n) is 7.11. The Kier molecular flexibility index (Phi) is 7.14. The van der Waals surface area contributed by atoms with Crippen LogP contribution in [0.2, 0.25) is 5.02 Å². The van der Waals surface area contributed by atoms with Crippen molar-refractivity contribution in [1.82, 2.24) is 0 Å². The highest BCUT2D eigenvalue weighted by atomic mass is 35.5. The quantitative estimate of drug-likeness (QED) is 0.471. The maximum atomic E-state index is 11.7. The topological polar surface area (TPSA) is 50.4 Å². The molecule has 150 valence electrons. The van der Waals surface area contributed by atoms with E-state index in [0.29, 0.717) is 23.9 Å². The number of carbonyl (C=O) groups is 1. The zero-order chi connectivity index (χ0) is 20.6. The fourth-order valence-corrected chi connectivity index (χ4v) is 2.93. The second kappa shape index (κ2) is 9.99. The maximum absolute atomic E-state index is 11.7. The van der Waals surface area contributed by atoms with Crippen molar-refractivity contribution in [2.24, 2.45) is 5.92 Å². The fraction of sp³-hybridized carbons (Fsp3) is 0.208. The van der Waals surface area contributed by atoms with Crippen molar-refractivity contribution in [2.75, 3.05) is 10.6 Å². The predicted molar refractivity (Wildman–Crippen MR) is 119 cm³/mol. The molecule has 0 saturated heterocycles. The predicted octanol–water partition coefficient (Wildman–Crippen LogP) is 6.13. The van der Waals surface area contributed by atoms with Gasteiger partial charge < -0.3 is 15.4 Å². The van der Waals surface area contributed by atoms with Gasteiger partial charge in [-0.2, -0.15) is 0 Å². The molecule has 0 aliphatic carbocycles. The van der Waals surface area contributed by atoms with E-state index in [0.717, 1.165) is 22.5 Å². The van der Waals surface area contributed by atoms with Crippen LogP contribution in [0.5, 0.6) is 5.75 Å². The average Bonchev–Trinajstić information content (AvgIpc) is 2.73. The van der Waals surface area contributed by atoms with Crippen molar-refractivity contribution in [3.63, 3.8) is 0 Å². The van der Waals surface area contributed by atoms with Crippen molar-refractivity contribution in [3.05, 3.63) is 88.9 Å². The summed E-state index contributed by atoms with van der Waals surface area (Å²) in [6.07, 6.45) is 0. The number of anilines is 2. The third-order valence-electron chi connectivity index (χ3n) is 4.41. The monoisotopic (exact) mass is 408 g/mol. The van der Waals surface area contributed by atoms with Gasteiger partial charge in [-0.1, -0.05) is 61.8 Å². The van der Waals surface area contributed by atoms with Gasteiger partial charge in [0.15, 0.2) is 0 Å². The molecule has 0 saturated carbocycles. The Labute approximate surface area is 176 Å². The highest BCUT2D eigenvalue weighted by Crippen LogP contribution is 2.27. The zero-order valence-electron chi connectivity index (χ0n) is 16.6. The molecule has 5 heteroatoms. The lowest BCUT2D eigenvalue weighted by Crippen LogP contribution is -2.17. The summed E-state index contributed by atoms with van der Waals surface area (Å²) in [5.41, 5.74) is 3.91. The molecular weight excluding hydrogens is 384 g/mol. The van der Waals surface area contributed by atoms with Crippen molar-refractivity contribution in [3.8, 4) is 5.75 Å². The summed E-state index contributed by atoms with van der Waals surface area (Å²) in [5.74, 6) is 0.636. The number of carbonyl (C=O) groups excluding carboxylic acids is 1. The molecule has 0 bridgehead atoms. The minimum absolute atomic E-state index is 0.00919. The molecular formula is C24H25ClN2O2. The number of rotatable bonds is 8. The molecule has 0 aromatic heterocycles. The van der Waals surface area contributed by atoms with Crippen LogP contribution in [0.3, 0.4) is 0 Å². The lowest BCUT2D eigenvalue weighted by molar-refractivity contribution is -0.118. The molecule has 0 heterocycles. The van der Waals surface area contributed by atoms with Gasteiger partial charge in [0.1, 0.15) is 12.4 Å². The largest absolute Gasteiger partial charge is 0.487 e. The van der Waals surface area contributed by atoms with E-state index >= 15 is 0 Å². The molecule has 0 unspecified atom stereocenters. The van der Waals surface area contributed by atoms with E-state index in [1.807, 2.05) is 86.6 Å². The van der Waals surface area contributed by atoms with Gasteiger partial charge in [-0.25, -0.2) is 0 Å². The van der Waals surface area contributed by atoms with Crippen LogP contribution in [0.15, 0.2) is 72.8 Å². The first-order chi connectivity index (χ1) is 14.0. The molecule has 0 spiro atoms. The lowest BCUT2D eigenvalue weighted by atomic mass is 10.2. The molecule has 4 nitrogen and oxygen atoms in total.